The first-order valence-corrected chi connectivity index (χ1v) is 43.0. The van der Waals surface area contributed by atoms with Gasteiger partial charge in [0.05, 0.1) is 32.0 Å². The zero-order valence-corrected chi connectivity index (χ0v) is 63.9. The summed E-state index contributed by atoms with van der Waals surface area (Å²) in [7, 11) is 0. The Morgan fingerprint density at radius 3 is 0.969 bits per heavy atom. The first kappa shape index (κ1) is 92.4. The summed E-state index contributed by atoms with van der Waals surface area (Å²) in [6.45, 7) is 4.43. The summed E-state index contributed by atoms with van der Waals surface area (Å²) in [4.78, 5) is 25.2. The van der Waals surface area contributed by atoms with E-state index in [0.29, 0.717) is 19.4 Å². The summed E-state index contributed by atoms with van der Waals surface area (Å²) in [5.41, 5.74) is 0. The third kappa shape index (κ3) is 62.2. The number of allylic oxidation sites excluding steroid dienone is 1. The number of aliphatic hydroxyl groups excluding tert-OH is 5. The number of ether oxygens (including phenoxy) is 3. The van der Waals surface area contributed by atoms with Gasteiger partial charge in [-0.05, 0) is 32.1 Å². The molecule has 96 heavy (non-hydrogen) atoms. The molecule has 1 heterocycles. The minimum absolute atomic E-state index is 0.0219. The van der Waals surface area contributed by atoms with Gasteiger partial charge in [-0.15, -0.1) is 0 Å². The Hall–Kier alpha value is -1.60. The molecular formula is C85H165NO10. The van der Waals surface area contributed by atoms with Gasteiger partial charge in [0.2, 0.25) is 5.91 Å². The van der Waals surface area contributed by atoms with Crippen molar-refractivity contribution in [3.63, 3.8) is 0 Å². The van der Waals surface area contributed by atoms with Crippen LogP contribution in [0.5, 0.6) is 0 Å². The Kier molecular flexibility index (Phi) is 71.8. The van der Waals surface area contributed by atoms with E-state index >= 15 is 0 Å². The molecule has 6 N–H and O–H groups in total. The van der Waals surface area contributed by atoms with Gasteiger partial charge in [0.1, 0.15) is 24.4 Å². The molecule has 0 saturated carbocycles. The molecule has 7 unspecified atom stereocenters. The predicted molar refractivity (Wildman–Crippen MR) is 408 cm³/mol. The van der Waals surface area contributed by atoms with E-state index in [1.807, 2.05) is 6.08 Å². The van der Waals surface area contributed by atoms with Gasteiger partial charge in [-0.3, -0.25) is 9.59 Å². The summed E-state index contributed by atoms with van der Waals surface area (Å²) in [5.74, 6) is -0.149. The van der Waals surface area contributed by atoms with Crippen molar-refractivity contribution >= 4 is 11.9 Å². The van der Waals surface area contributed by atoms with E-state index in [-0.39, 0.29) is 18.5 Å². The average molecular weight is 1360 g/mol. The second-order valence-corrected chi connectivity index (χ2v) is 30.3. The number of nitrogens with one attached hydrogen (secondary N) is 1. The van der Waals surface area contributed by atoms with Crippen LogP contribution in [0.4, 0.5) is 0 Å². The van der Waals surface area contributed by atoms with Crippen LogP contribution < -0.4 is 5.32 Å². The van der Waals surface area contributed by atoms with E-state index < -0.39 is 49.5 Å². The summed E-state index contributed by atoms with van der Waals surface area (Å²) in [5, 5.41) is 54.7. The van der Waals surface area contributed by atoms with Crippen LogP contribution in [0.15, 0.2) is 12.2 Å². The molecule has 0 radical (unpaired) electrons. The van der Waals surface area contributed by atoms with Crippen molar-refractivity contribution in [3.05, 3.63) is 12.2 Å². The van der Waals surface area contributed by atoms with Crippen molar-refractivity contribution in [1.29, 1.82) is 0 Å². The number of hydrogen-bond donors (Lipinski definition) is 6. The Labute approximate surface area is 595 Å². The number of amides is 1. The van der Waals surface area contributed by atoms with Crippen molar-refractivity contribution in [2.24, 2.45) is 0 Å². The molecule has 0 aromatic heterocycles. The highest BCUT2D eigenvalue weighted by molar-refractivity contribution is 5.76. The third-order valence-corrected chi connectivity index (χ3v) is 20.9. The second-order valence-electron chi connectivity index (χ2n) is 30.3. The van der Waals surface area contributed by atoms with Crippen LogP contribution in [-0.4, -0.2) is 100 Å². The Morgan fingerprint density at radius 2 is 0.656 bits per heavy atom. The predicted octanol–water partition coefficient (Wildman–Crippen LogP) is 23.7. The van der Waals surface area contributed by atoms with Crippen molar-refractivity contribution in [2.45, 2.75) is 500 Å². The van der Waals surface area contributed by atoms with Crippen molar-refractivity contribution in [3.8, 4) is 0 Å². The highest BCUT2D eigenvalue weighted by Gasteiger charge is 2.44. The number of rotatable bonds is 78. The summed E-state index contributed by atoms with van der Waals surface area (Å²) in [6, 6.07) is -0.805. The zero-order chi connectivity index (χ0) is 69.4. The van der Waals surface area contributed by atoms with E-state index in [0.717, 1.165) is 51.4 Å². The molecule has 1 fully saturated rings. The van der Waals surface area contributed by atoms with E-state index in [2.05, 4.69) is 19.2 Å². The fraction of sp³-hybridized carbons (Fsp3) is 0.953. The molecule has 0 spiro atoms. The summed E-state index contributed by atoms with van der Waals surface area (Å²) >= 11 is 0. The first-order valence-electron chi connectivity index (χ1n) is 43.0. The minimum atomic E-state index is -1.57. The van der Waals surface area contributed by atoms with Gasteiger partial charge in [-0.2, -0.15) is 0 Å². The monoisotopic (exact) mass is 1360 g/mol. The molecule has 0 aliphatic carbocycles. The minimum Gasteiger partial charge on any atom is -0.466 e. The van der Waals surface area contributed by atoms with Crippen molar-refractivity contribution in [1.82, 2.24) is 5.32 Å². The standard InChI is InChI=1S/C85H165NO10/c1-3-5-7-9-11-13-15-17-44-47-51-55-59-63-67-71-78(88)77(76-95-85-84(93)83(92)82(91)79(75-87)96-85)86-80(89)72-68-64-60-56-52-48-45-42-40-38-36-34-32-30-28-26-24-22-20-19-21-23-25-27-29-31-33-35-37-39-41-43-46-50-54-58-62-66-70-74-94-81(90)73-69-65-61-57-53-49-18-16-14-12-10-8-6-4-2/h67,71,77-79,82-85,87-88,91-93H,3-66,68-70,72-76H2,1-2H3,(H,86,89)/b71-67+. The fourth-order valence-corrected chi connectivity index (χ4v) is 14.2. The van der Waals surface area contributed by atoms with E-state index in [9.17, 15) is 35.1 Å². The lowest BCUT2D eigenvalue weighted by Crippen LogP contribution is -2.60. The third-order valence-electron chi connectivity index (χ3n) is 20.9. The maximum atomic E-state index is 13.1. The number of esters is 1. The molecule has 1 aliphatic rings. The number of carbonyl (C=O) groups excluding carboxylic acids is 2. The molecule has 1 saturated heterocycles. The average Bonchev–Trinajstić information content (AvgIpc) is 0.845. The van der Waals surface area contributed by atoms with Gasteiger partial charge in [0.25, 0.3) is 0 Å². The van der Waals surface area contributed by atoms with Crippen molar-refractivity contribution in [2.75, 3.05) is 19.8 Å². The molecule has 11 heteroatoms. The van der Waals surface area contributed by atoms with E-state index in [1.54, 1.807) is 6.08 Å². The molecule has 1 amide bonds. The lowest BCUT2D eigenvalue weighted by molar-refractivity contribution is -0.302. The lowest BCUT2D eigenvalue weighted by Gasteiger charge is -2.40. The second kappa shape index (κ2) is 74.6. The van der Waals surface area contributed by atoms with Crippen LogP contribution in [0.25, 0.3) is 0 Å². The number of hydrogen-bond acceptors (Lipinski definition) is 10. The molecule has 0 bridgehead atoms. The number of aliphatic hydroxyl groups is 5. The van der Waals surface area contributed by atoms with Gasteiger partial charge < -0.3 is 45.1 Å². The van der Waals surface area contributed by atoms with Gasteiger partial charge in [-0.1, -0.05) is 424 Å². The van der Waals surface area contributed by atoms with Crippen LogP contribution in [0, 0.1) is 0 Å². The highest BCUT2D eigenvalue weighted by Crippen LogP contribution is 2.24. The summed E-state index contributed by atoms with van der Waals surface area (Å²) in [6.07, 6.45) is 85.5. The summed E-state index contributed by atoms with van der Waals surface area (Å²) < 4.78 is 16.8. The van der Waals surface area contributed by atoms with Gasteiger partial charge in [0, 0.05) is 12.8 Å². The van der Waals surface area contributed by atoms with E-state index in [1.165, 1.54) is 379 Å². The number of carbonyl (C=O) groups is 2. The maximum Gasteiger partial charge on any atom is 0.305 e. The maximum absolute atomic E-state index is 13.1. The first-order chi connectivity index (χ1) is 47.2. The van der Waals surface area contributed by atoms with Crippen LogP contribution in [0.3, 0.4) is 0 Å². The number of unbranched alkanes of at least 4 members (excludes halogenated alkanes) is 64. The Bertz CT molecular complexity index is 1600. The van der Waals surface area contributed by atoms with Crippen LogP contribution >= 0.6 is 0 Å². The molecule has 7 atom stereocenters. The SMILES string of the molecule is CCCCCCCCCCCCCCC/C=C/C(O)C(COC1OC(CO)C(O)C(O)C1O)NC(=O)CCCCCCCCCCCCCCCCCCCCCCCCCCCCCCCCCCCCCCCCCOC(=O)CCCCCCCCCCCCCCCC. The van der Waals surface area contributed by atoms with Crippen molar-refractivity contribution < 1.29 is 49.3 Å². The van der Waals surface area contributed by atoms with Crippen LogP contribution in [-0.2, 0) is 23.8 Å². The normalized spacial score (nSPS) is 17.3. The molecular weight excluding hydrogens is 1190 g/mol. The smallest absolute Gasteiger partial charge is 0.305 e. The molecule has 1 aliphatic heterocycles. The molecule has 0 aromatic carbocycles. The Balaban J connectivity index is 1.87. The van der Waals surface area contributed by atoms with Gasteiger partial charge in [0.15, 0.2) is 6.29 Å². The highest BCUT2D eigenvalue weighted by atomic mass is 16.7. The van der Waals surface area contributed by atoms with Gasteiger partial charge in [-0.25, -0.2) is 0 Å². The largest absolute Gasteiger partial charge is 0.466 e. The molecule has 1 rings (SSSR count). The molecule has 570 valence electrons. The van der Waals surface area contributed by atoms with Crippen LogP contribution in [0.1, 0.15) is 457 Å². The zero-order valence-electron chi connectivity index (χ0n) is 63.9. The van der Waals surface area contributed by atoms with E-state index in [4.69, 9.17) is 14.2 Å². The molecule has 0 aromatic rings. The quantitative estimate of drug-likeness (QED) is 0.0195. The fourth-order valence-electron chi connectivity index (χ4n) is 14.2. The Morgan fingerprint density at radius 1 is 0.375 bits per heavy atom. The molecule has 11 nitrogen and oxygen atoms in total. The lowest BCUT2D eigenvalue weighted by atomic mass is 9.99. The topological polar surface area (TPSA) is 175 Å². The van der Waals surface area contributed by atoms with Gasteiger partial charge >= 0.3 is 5.97 Å². The van der Waals surface area contributed by atoms with Crippen LogP contribution in [0.2, 0.25) is 0 Å².